The second-order valence-corrected chi connectivity index (χ2v) is 5.12. The first kappa shape index (κ1) is 14.8. The lowest BCUT2D eigenvalue weighted by Gasteiger charge is -2.17. The maximum absolute atomic E-state index is 9.32. The van der Waals surface area contributed by atoms with Crippen molar-refractivity contribution >= 4 is 17.3 Å². The fourth-order valence-corrected chi connectivity index (χ4v) is 2.29. The molecule has 0 atom stereocenters. The quantitative estimate of drug-likeness (QED) is 0.896. The van der Waals surface area contributed by atoms with Crippen LogP contribution in [0.25, 0.3) is 0 Å². The van der Waals surface area contributed by atoms with Crippen LogP contribution in [0.4, 0.5) is 17.3 Å². The summed E-state index contributed by atoms with van der Waals surface area (Å²) in [6.07, 6.45) is 1.52. The van der Waals surface area contributed by atoms with Gasteiger partial charge < -0.3 is 10.6 Å². The number of rotatable bonds is 4. The molecule has 0 radical (unpaired) electrons. The van der Waals surface area contributed by atoms with Crippen molar-refractivity contribution in [3.05, 3.63) is 41.2 Å². The SMILES string of the molecule is CNc1ncnc(Nc2cccc(C)c2C#N)c1C(C)C. The third kappa shape index (κ3) is 2.95. The average molecular weight is 281 g/mol. The van der Waals surface area contributed by atoms with E-state index in [4.69, 9.17) is 0 Å². The highest BCUT2D eigenvalue weighted by atomic mass is 15.1. The summed E-state index contributed by atoms with van der Waals surface area (Å²) in [6, 6.07) is 7.97. The van der Waals surface area contributed by atoms with E-state index in [2.05, 4.69) is 40.5 Å². The standard InChI is InChI=1S/C16H19N5/c1-10(2)14-15(18-4)19-9-20-16(14)21-13-7-5-6-11(3)12(13)8-17/h5-7,9-10H,1-4H3,(H2,18,19,20,21). The molecule has 2 rings (SSSR count). The van der Waals surface area contributed by atoms with Crippen molar-refractivity contribution in [1.82, 2.24) is 9.97 Å². The van der Waals surface area contributed by atoms with E-state index in [9.17, 15) is 5.26 Å². The zero-order chi connectivity index (χ0) is 15.4. The van der Waals surface area contributed by atoms with E-state index in [1.165, 1.54) is 6.33 Å². The zero-order valence-corrected chi connectivity index (χ0v) is 12.7. The largest absolute Gasteiger partial charge is 0.373 e. The lowest BCUT2D eigenvalue weighted by Crippen LogP contribution is -2.07. The minimum Gasteiger partial charge on any atom is -0.373 e. The van der Waals surface area contributed by atoms with Crippen LogP contribution in [0.2, 0.25) is 0 Å². The number of nitrogens with one attached hydrogen (secondary N) is 2. The molecule has 108 valence electrons. The molecule has 1 aromatic carbocycles. The normalized spacial score (nSPS) is 10.3. The molecule has 2 aromatic rings. The van der Waals surface area contributed by atoms with Crippen LogP contribution in [0.1, 0.15) is 36.5 Å². The van der Waals surface area contributed by atoms with Crippen LogP contribution in [-0.4, -0.2) is 17.0 Å². The molecule has 21 heavy (non-hydrogen) atoms. The van der Waals surface area contributed by atoms with E-state index in [-0.39, 0.29) is 5.92 Å². The first-order valence-electron chi connectivity index (χ1n) is 6.87. The van der Waals surface area contributed by atoms with Gasteiger partial charge in [-0.25, -0.2) is 9.97 Å². The Labute approximate surface area is 125 Å². The maximum Gasteiger partial charge on any atom is 0.139 e. The molecule has 1 aromatic heterocycles. The zero-order valence-electron chi connectivity index (χ0n) is 12.7. The molecule has 0 saturated carbocycles. The molecule has 0 amide bonds. The fourth-order valence-electron chi connectivity index (χ4n) is 2.29. The van der Waals surface area contributed by atoms with Crippen molar-refractivity contribution in [2.75, 3.05) is 17.7 Å². The summed E-state index contributed by atoms with van der Waals surface area (Å²) >= 11 is 0. The van der Waals surface area contributed by atoms with Gasteiger partial charge in [-0.05, 0) is 24.5 Å². The Hall–Kier alpha value is -2.61. The van der Waals surface area contributed by atoms with Crippen LogP contribution in [0.5, 0.6) is 0 Å². The van der Waals surface area contributed by atoms with Gasteiger partial charge in [0.05, 0.1) is 11.3 Å². The fraction of sp³-hybridized carbons (Fsp3) is 0.312. The van der Waals surface area contributed by atoms with Crippen LogP contribution in [0.15, 0.2) is 24.5 Å². The molecule has 0 aliphatic carbocycles. The summed E-state index contributed by atoms with van der Waals surface area (Å²) in [7, 11) is 1.84. The van der Waals surface area contributed by atoms with Gasteiger partial charge in [0.15, 0.2) is 0 Å². The van der Waals surface area contributed by atoms with Gasteiger partial charge in [-0.15, -0.1) is 0 Å². The molecular formula is C16H19N5. The monoisotopic (exact) mass is 281 g/mol. The molecule has 2 N–H and O–H groups in total. The van der Waals surface area contributed by atoms with Crippen molar-refractivity contribution in [1.29, 1.82) is 5.26 Å². The van der Waals surface area contributed by atoms with Gasteiger partial charge in [0, 0.05) is 12.6 Å². The molecule has 0 bridgehead atoms. The van der Waals surface area contributed by atoms with Crippen LogP contribution in [0, 0.1) is 18.3 Å². The number of aromatic nitrogens is 2. The molecule has 0 spiro atoms. The van der Waals surface area contributed by atoms with Crippen LogP contribution in [-0.2, 0) is 0 Å². The Morgan fingerprint density at radius 3 is 2.52 bits per heavy atom. The summed E-state index contributed by atoms with van der Waals surface area (Å²) < 4.78 is 0. The van der Waals surface area contributed by atoms with E-state index >= 15 is 0 Å². The van der Waals surface area contributed by atoms with Gasteiger partial charge >= 0.3 is 0 Å². The number of aryl methyl sites for hydroxylation is 1. The van der Waals surface area contributed by atoms with Crippen molar-refractivity contribution in [3.8, 4) is 6.07 Å². The summed E-state index contributed by atoms with van der Waals surface area (Å²) in [5.41, 5.74) is 3.35. The molecule has 5 heteroatoms. The van der Waals surface area contributed by atoms with Crippen LogP contribution >= 0.6 is 0 Å². The number of benzene rings is 1. The molecule has 1 heterocycles. The van der Waals surface area contributed by atoms with Crippen molar-refractivity contribution in [3.63, 3.8) is 0 Å². The van der Waals surface area contributed by atoms with E-state index < -0.39 is 0 Å². The van der Waals surface area contributed by atoms with Crippen molar-refractivity contribution < 1.29 is 0 Å². The number of nitriles is 1. The van der Waals surface area contributed by atoms with Gasteiger partial charge in [0.1, 0.15) is 24.0 Å². The van der Waals surface area contributed by atoms with E-state index in [1.807, 2.05) is 32.2 Å². The highest BCUT2D eigenvalue weighted by molar-refractivity contribution is 5.70. The maximum atomic E-state index is 9.32. The highest BCUT2D eigenvalue weighted by Crippen LogP contribution is 2.31. The molecule has 0 saturated heterocycles. The second kappa shape index (κ2) is 6.23. The Bertz CT molecular complexity index is 686. The molecule has 0 unspecified atom stereocenters. The highest BCUT2D eigenvalue weighted by Gasteiger charge is 2.15. The number of hydrogen-bond acceptors (Lipinski definition) is 5. The van der Waals surface area contributed by atoms with Gasteiger partial charge in [0.25, 0.3) is 0 Å². The third-order valence-electron chi connectivity index (χ3n) is 3.34. The summed E-state index contributed by atoms with van der Waals surface area (Å²) in [5, 5.41) is 15.7. The molecule has 0 fully saturated rings. The predicted octanol–water partition coefficient (Wildman–Crippen LogP) is 3.57. The van der Waals surface area contributed by atoms with Crippen LogP contribution < -0.4 is 10.6 Å². The number of hydrogen-bond donors (Lipinski definition) is 2. The average Bonchev–Trinajstić information content (AvgIpc) is 2.47. The lowest BCUT2D eigenvalue weighted by molar-refractivity contribution is 0.852. The molecule has 5 nitrogen and oxygen atoms in total. The molecule has 0 aliphatic heterocycles. The first-order valence-corrected chi connectivity index (χ1v) is 6.87. The minimum absolute atomic E-state index is 0.256. The van der Waals surface area contributed by atoms with Crippen molar-refractivity contribution in [2.24, 2.45) is 0 Å². The summed E-state index contributed by atoms with van der Waals surface area (Å²) in [5.74, 6) is 1.78. The minimum atomic E-state index is 0.256. The van der Waals surface area contributed by atoms with Crippen LogP contribution in [0.3, 0.4) is 0 Å². The summed E-state index contributed by atoms with van der Waals surface area (Å²) in [6.45, 7) is 6.10. The van der Waals surface area contributed by atoms with Gasteiger partial charge in [0.2, 0.25) is 0 Å². The van der Waals surface area contributed by atoms with Gasteiger partial charge in [-0.1, -0.05) is 26.0 Å². The third-order valence-corrected chi connectivity index (χ3v) is 3.34. The Kier molecular flexibility index (Phi) is 4.39. The summed E-state index contributed by atoms with van der Waals surface area (Å²) in [4.78, 5) is 8.59. The number of anilines is 3. The predicted molar refractivity (Wildman–Crippen MR) is 84.8 cm³/mol. The van der Waals surface area contributed by atoms with E-state index in [1.54, 1.807) is 0 Å². The van der Waals surface area contributed by atoms with E-state index in [0.29, 0.717) is 5.56 Å². The number of nitrogens with zero attached hydrogens (tertiary/aromatic N) is 3. The van der Waals surface area contributed by atoms with Gasteiger partial charge in [-0.2, -0.15) is 5.26 Å². The Morgan fingerprint density at radius 2 is 1.90 bits per heavy atom. The topological polar surface area (TPSA) is 73.6 Å². The lowest BCUT2D eigenvalue weighted by atomic mass is 10.0. The van der Waals surface area contributed by atoms with E-state index in [0.717, 1.165) is 28.5 Å². The van der Waals surface area contributed by atoms with Gasteiger partial charge in [-0.3, -0.25) is 0 Å². The molecular weight excluding hydrogens is 262 g/mol. The Balaban J connectivity index is 2.51. The first-order chi connectivity index (χ1) is 10.1. The second-order valence-electron chi connectivity index (χ2n) is 5.12. The Morgan fingerprint density at radius 1 is 1.19 bits per heavy atom. The smallest absolute Gasteiger partial charge is 0.139 e. The van der Waals surface area contributed by atoms with Crippen molar-refractivity contribution in [2.45, 2.75) is 26.7 Å². The molecule has 0 aliphatic rings.